The van der Waals surface area contributed by atoms with E-state index in [4.69, 9.17) is 5.11 Å². The van der Waals surface area contributed by atoms with Crippen LogP contribution in [0.25, 0.3) is 11.1 Å². The highest BCUT2D eigenvalue weighted by molar-refractivity contribution is 5.79. The average Bonchev–Trinajstić information content (AvgIpc) is 2.40. The van der Waals surface area contributed by atoms with Crippen molar-refractivity contribution in [3.8, 4) is 11.1 Å². The highest BCUT2D eigenvalue weighted by Gasteiger charge is 2.02. The Balaban J connectivity index is 2.29. The van der Waals surface area contributed by atoms with Crippen LogP contribution in [0.3, 0.4) is 0 Å². The summed E-state index contributed by atoms with van der Waals surface area (Å²) in [5, 5.41) is 8.59. The third-order valence-corrected chi connectivity index (χ3v) is 2.70. The molecule has 18 heavy (non-hydrogen) atoms. The van der Waals surface area contributed by atoms with Gasteiger partial charge in [0.05, 0.1) is 0 Å². The van der Waals surface area contributed by atoms with Crippen LogP contribution in [0.2, 0.25) is 0 Å². The maximum atomic E-state index is 10.5. The lowest BCUT2D eigenvalue weighted by atomic mass is 9.98. The van der Waals surface area contributed by atoms with Gasteiger partial charge in [-0.05, 0) is 23.1 Å². The predicted molar refractivity (Wildman–Crippen MR) is 72.4 cm³/mol. The topological polar surface area (TPSA) is 37.3 Å². The van der Waals surface area contributed by atoms with Crippen LogP contribution in [-0.4, -0.2) is 11.1 Å². The summed E-state index contributed by atoms with van der Waals surface area (Å²) in [6.07, 6.45) is 3.48. The fourth-order valence-electron chi connectivity index (χ4n) is 1.88. The Morgan fingerprint density at radius 2 is 1.67 bits per heavy atom. The fraction of sp³-hybridized carbons (Fsp3) is 0.0625. The monoisotopic (exact) mass is 238 g/mol. The van der Waals surface area contributed by atoms with Crippen molar-refractivity contribution in [2.24, 2.45) is 0 Å². The summed E-state index contributed by atoms with van der Waals surface area (Å²) in [5.74, 6) is -0.910. The molecule has 0 aliphatic carbocycles. The van der Waals surface area contributed by atoms with Crippen LogP contribution in [0.15, 0.2) is 66.7 Å². The third-order valence-electron chi connectivity index (χ3n) is 2.70. The molecule has 0 fully saturated rings. The molecule has 0 atom stereocenters. The molecule has 1 N–H and O–H groups in total. The molecule has 0 amide bonds. The van der Waals surface area contributed by atoms with Gasteiger partial charge >= 0.3 is 5.97 Å². The van der Waals surface area contributed by atoms with E-state index in [9.17, 15) is 4.79 Å². The second-order valence-electron chi connectivity index (χ2n) is 3.97. The molecule has 0 spiro atoms. The van der Waals surface area contributed by atoms with E-state index in [0.29, 0.717) is 6.42 Å². The maximum absolute atomic E-state index is 10.5. The summed E-state index contributed by atoms with van der Waals surface area (Å²) in [7, 11) is 0. The van der Waals surface area contributed by atoms with Crippen LogP contribution in [0.5, 0.6) is 0 Å². The molecule has 0 aliphatic heterocycles. The van der Waals surface area contributed by atoms with Crippen LogP contribution < -0.4 is 0 Å². The van der Waals surface area contributed by atoms with Gasteiger partial charge in [0, 0.05) is 6.08 Å². The normalized spacial score (nSPS) is 10.7. The number of carbonyl (C=O) groups is 1. The molecule has 2 rings (SSSR count). The lowest BCUT2D eigenvalue weighted by molar-refractivity contribution is -0.131. The molecule has 2 nitrogen and oxygen atoms in total. The molecule has 2 aromatic rings. The first kappa shape index (κ1) is 12.1. The Morgan fingerprint density at radius 1 is 1.00 bits per heavy atom. The minimum absolute atomic E-state index is 0.622. The number of carboxylic acid groups (broad SMARTS) is 1. The van der Waals surface area contributed by atoms with Gasteiger partial charge in [0.2, 0.25) is 0 Å². The second kappa shape index (κ2) is 5.82. The van der Waals surface area contributed by atoms with Crippen LogP contribution in [0, 0.1) is 0 Å². The minimum atomic E-state index is -0.910. The van der Waals surface area contributed by atoms with Crippen molar-refractivity contribution in [3.63, 3.8) is 0 Å². The molecule has 2 heteroatoms. The van der Waals surface area contributed by atoms with Crippen molar-refractivity contribution in [2.45, 2.75) is 6.42 Å². The molecule has 2 aromatic carbocycles. The first-order valence-corrected chi connectivity index (χ1v) is 5.80. The molecule has 0 saturated carbocycles. The number of hydrogen-bond acceptors (Lipinski definition) is 1. The average molecular weight is 238 g/mol. The Hall–Kier alpha value is -2.35. The summed E-state index contributed by atoms with van der Waals surface area (Å²) in [5.41, 5.74) is 3.42. The smallest absolute Gasteiger partial charge is 0.327 e. The lowest BCUT2D eigenvalue weighted by Gasteiger charge is -2.07. The molecule has 0 aromatic heterocycles. The molecular weight excluding hydrogens is 224 g/mol. The van der Waals surface area contributed by atoms with Crippen LogP contribution in [0.4, 0.5) is 0 Å². The maximum Gasteiger partial charge on any atom is 0.327 e. The molecule has 0 saturated heterocycles. The van der Waals surface area contributed by atoms with Crippen molar-refractivity contribution in [3.05, 3.63) is 72.3 Å². The zero-order valence-corrected chi connectivity index (χ0v) is 9.91. The first-order valence-electron chi connectivity index (χ1n) is 5.80. The van der Waals surface area contributed by atoms with E-state index < -0.39 is 5.97 Å². The Bertz CT molecular complexity index is 556. The third kappa shape index (κ3) is 3.08. The van der Waals surface area contributed by atoms with Crippen molar-refractivity contribution in [1.29, 1.82) is 0 Å². The Labute approximate surface area is 106 Å². The molecule has 90 valence electrons. The summed E-state index contributed by atoms with van der Waals surface area (Å²) >= 11 is 0. The number of carboxylic acids is 1. The largest absolute Gasteiger partial charge is 0.478 e. The Morgan fingerprint density at radius 3 is 2.39 bits per heavy atom. The van der Waals surface area contributed by atoms with E-state index in [2.05, 4.69) is 18.2 Å². The Kier molecular flexibility index (Phi) is 3.92. The number of benzene rings is 2. The van der Waals surface area contributed by atoms with Gasteiger partial charge < -0.3 is 5.11 Å². The van der Waals surface area contributed by atoms with Crippen molar-refractivity contribution in [1.82, 2.24) is 0 Å². The zero-order chi connectivity index (χ0) is 12.8. The van der Waals surface area contributed by atoms with Crippen molar-refractivity contribution >= 4 is 5.97 Å². The van der Waals surface area contributed by atoms with Gasteiger partial charge in [-0.1, -0.05) is 60.7 Å². The van der Waals surface area contributed by atoms with E-state index in [1.165, 1.54) is 6.08 Å². The SMILES string of the molecule is O=C(O)C=CCc1ccccc1-c1ccccc1. The van der Waals surface area contributed by atoms with Gasteiger partial charge in [-0.25, -0.2) is 4.79 Å². The highest BCUT2D eigenvalue weighted by atomic mass is 16.4. The van der Waals surface area contributed by atoms with Crippen molar-refractivity contribution in [2.75, 3.05) is 0 Å². The van der Waals surface area contributed by atoms with E-state index in [0.717, 1.165) is 16.7 Å². The van der Waals surface area contributed by atoms with E-state index >= 15 is 0 Å². The summed E-state index contributed by atoms with van der Waals surface area (Å²) in [6, 6.07) is 18.1. The molecular formula is C16H14O2. The standard InChI is InChI=1S/C16H14O2/c17-16(18)12-6-10-14-9-4-5-11-15(14)13-7-2-1-3-8-13/h1-9,11-12H,10H2,(H,17,18). The lowest BCUT2D eigenvalue weighted by Crippen LogP contribution is -1.90. The van der Waals surface area contributed by atoms with E-state index in [1.54, 1.807) is 6.08 Å². The molecule has 0 aliphatic rings. The zero-order valence-electron chi connectivity index (χ0n) is 9.91. The molecule has 0 radical (unpaired) electrons. The first-order chi connectivity index (χ1) is 8.77. The van der Waals surface area contributed by atoms with Gasteiger partial charge in [0.15, 0.2) is 0 Å². The molecule has 0 unspecified atom stereocenters. The minimum Gasteiger partial charge on any atom is -0.478 e. The van der Waals surface area contributed by atoms with Gasteiger partial charge in [-0.15, -0.1) is 0 Å². The van der Waals surface area contributed by atoms with Crippen LogP contribution in [0.1, 0.15) is 5.56 Å². The quantitative estimate of drug-likeness (QED) is 0.827. The fourth-order valence-corrected chi connectivity index (χ4v) is 1.88. The number of allylic oxidation sites excluding steroid dienone is 1. The van der Waals surface area contributed by atoms with E-state index in [-0.39, 0.29) is 0 Å². The van der Waals surface area contributed by atoms with Gasteiger partial charge in [-0.2, -0.15) is 0 Å². The second-order valence-corrected chi connectivity index (χ2v) is 3.97. The van der Waals surface area contributed by atoms with Crippen LogP contribution >= 0.6 is 0 Å². The summed E-state index contributed by atoms with van der Waals surface area (Å²) in [4.78, 5) is 10.5. The highest BCUT2D eigenvalue weighted by Crippen LogP contribution is 2.23. The van der Waals surface area contributed by atoms with Crippen LogP contribution in [-0.2, 0) is 11.2 Å². The predicted octanol–water partition coefficient (Wildman–Crippen LogP) is 3.54. The molecule has 0 heterocycles. The summed E-state index contributed by atoms with van der Waals surface area (Å²) < 4.78 is 0. The van der Waals surface area contributed by atoms with Gasteiger partial charge in [-0.3, -0.25) is 0 Å². The number of hydrogen-bond donors (Lipinski definition) is 1. The molecule has 0 bridgehead atoms. The van der Waals surface area contributed by atoms with E-state index in [1.807, 2.05) is 36.4 Å². The summed E-state index contributed by atoms with van der Waals surface area (Å²) in [6.45, 7) is 0. The van der Waals surface area contributed by atoms with Crippen molar-refractivity contribution < 1.29 is 9.90 Å². The number of aliphatic carboxylic acids is 1. The van der Waals surface area contributed by atoms with Gasteiger partial charge in [0.25, 0.3) is 0 Å². The number of rotatable bonds is 4. The van der Waals surface area contributed by atoms with Gasteiger partial charge in [0.1, 0.15) is 0 Å².